The molecule has 1 saturated carbocycles. The van der Waals surface area contributed by atoms with Gasteiger partial charge >= 0.3 is 5.97 Å². The van der Waals surface area contributed by atoms with Crippen LogP contribution in [-0.2, 0) is 19.2 Å². The first-order valence-electron chi connectivity index (χ1n) is 4.15. The molecule has 0 spiro atoms. The number of fused-ring (bicyclic) bond motifs is 1. The molecule has 0 aromatic carbocycles. The van der Waals surface area contributed by atoms with Crippen LogP contribution in [0, 0.1) is 17.8 Å². The van der Waals surface area contributed by atoms with E-state index in [9.17, 15) is 9.59 Å². The van der Waals surface area contributed by atoms with Gasteiger partial charge in [-0.15, -0.1) is 0 Å². The second-order valence-electron chi connectivity index (χ2n) is 3.36. The molecule has 1 heterocycles. The van der Waals surface area contributed by atoms with Gasteiger partial charge in [0.05, 0.1) is 25.6 Å². The summed E-state index contributed by atoms with van der Waals surface area (Å²) in [5.74, 6) is -0.684. The van der Waals surface area contributed by atoms with Crippen molar-refractivity contribution in [2.75, 3.05) is 20.8 Å². The van der Waals surface area contributed by atoms with Crippen LogP contribution < -0.4 is 0 Å². The second kappa shape index (κ2) is 2.70. The van der Waals surface area contributed by atoms with Crippen molar-refractivity contribution < 1.29 is 19.2 Å². The van der Waals surface area contributed by atoms with E-state index in [-0.39, 0.29) is 29.6 Å². The number of nitrogens with zero attached hydrogens (tertiary/aromatic N) is 1. The Bertz CT molecular complexity index is 265. The first-order valence-corrected chi connectivity index (χ1v) is 4.15. The van der Waals surface area contributed by atoms with E-state index >= 15 is 0 Å². The van der Waals surface area contributed by atoms with Crippen LogP contribution >= 0.6 is 0 Å². The van der Waals surface area contributed by atoms with Gasteiger partial charge in [0.1, 0.15) is 0 Å². The standard InChI is InChI=1S/C8H11NO4/c1-9(12-2)7(10)5-4-3-13-8(11)6(4)5/h4-6H,3H2,1-2H3/t4-,5-,6-/m1/s1. The van der Waals surface area contributed by atoms with Crippen LogP contribution in [0.3, 0.4) is 0 Å². The Morgan fingerprint density at radius 2 is 2.38 bits per heavy atom. The highest BCUT2D eigenvalue weighted by atomic mass is 16.7. The zero-order valence-corrected chi connectivity index (χ0v) is 7.52. The predicted octanol–water partition coefficient (Wildman–Crippen LogP) is -0.575. The highest BCUT2D eigenvalue weighted by Crippen LogP contribution is 2.52. The SMILES string of the molecule is CON(C)C(=O)[C@@H]1[C@H]2COC(=O)[C@H]21. The van der Waals surface area contributed by atoms with E-state index in [2.05, 4.69) is 0 Å². The molecule has 1 amide bonds. The lowest BCUT2D eigenvalue weighted by atomic mass is 10.3. The smallest absolute Gasteiger partial charge is 0.310 e. The Labute approximate surface area is 75.5 Å². The van der Waals surface area contributed by atoms with Crippen molar-refractivity contribution in [2.45, 2.75) is 0 Å². The fourth-order valence-corrected chi connectivity index (χ4v) is 1.81. The van der Waals surface area contributed by atoms with Gasteiger partial charge in [-0.2, -0.15) is 0 Å². The molecular weight excluding hydrogens is 174 g/mol. The minimum Gasteiger partial charge on any atom is -0.465 e. The van der Waals surface area contributed by atoms with Crippen molar-refractivity contribution in [3.05, 3.63) is 0 Å². The molecule has 0 N–H and O–H groups in total. The summed E-state index contributed by atoms with van der Waals surface area (Å²) in [4.78, 5) is 27.2. The van der Waals surface area contributed by atoms with Crippen LogP contribution in [0.5, 0.6) is 0 Å². The lowest BCUT2D eigenvalue weighted by molar-refractivity contribution is -0.172. The molecule has 3 atom stereocenters. The van der Waals surface area contributed by atoms with Gasteiger partial charge < -0.3 is 4.74 Å². The molecule has 0 aromatic heterocycles. The van der Waals surface area contributed by atoms with E-state index in [0.29, 0.717) is 6.61 Å². The fourth-order valence-electron chi connectivity index (χ4n) is 1.81. The summed E-state index contributed by atoms with van der Waals surface area (Å²) in [6.45, 7) is 0.386. The van der Waals surface area contributed by atoms with Crippen LogP contribution in [-0.4, -0.2) is 37.7 Å². The Balaban J connectivity index is 1.99. The predicted molar refractivity (Wildman–Crippen MR) is 41.2 cm³/mol. The largest absolute Gasteiger partial charge is 0.465 e. The van der Waals surface area contributed by atoms with Crippen LogP contribution in [0.4, 0.5) is 0 Å². The van der Waals surface area contributed by atoms with Gasteiger partial charge in [-0.1, -0.05) is 0 Å². The summed E-state index contributed by atoms with van der Waals surface area (Å²) in [6.07, 6.45) is 0. The van der Waals surface area contributed by atoms with Crippen molar-refractivity contribution in [3.8, 4) is 0 Å². The lowest BCUT2D eigenvalue weighted by Gasteiger charge is -2.14. The van der Waals surface area contributed by atoms with Gasteiger partial charge in [-0.3, -0.25) is 14.4 Å². The minimum absolute atomic E-state index is 0.0950. The molecule has 0 radical (unpaired) electrons. The summed E-state index contributed by atoms with van der Waals surface area (Å²) in [6, 6.07) is 0. The average Bonchev–Trinajstić information content (AvgIpc) is 2.75. The molecule has 1 aliphatic heterocycles. The van der Waals surface area contributed by atoms with E-state index in [1.165, 1.54) is 7.11 Å². The maximum Gasteiger partial charge on any atom is 0.310 e. The lowest BCUT2D eigenvalue weighted by Crippen LogP contribution is -2.29. The highest BCUT2D eigenvalue weighted by Gasteiger charge is 2.64. The summed E-state index contributed by atoms with van der Waals surface area (Å²) in [5, 5.41) is 1.16. The first-order chi connectivity index (χ1) is 6.16. The highest BCUT2D eigenvalue weighted by molar-refractivity contribution is 5.92. The number of ether oxygens (including phenoxy) is 1. The van der Waals surface area contributed by atoms with Crippen LogP contribution in [0.2, 0.25) is 0 Å². The molecule has 1 aliphatic carbocycles. The van der Waals surface area contributed by atoms with E-state index in [1.54, 1.807) is 7.05 Å². The van der Waals surface area contributed by atoms with E-state index in [1.807, 2.05) is 0 Å². The van der Waals surface area contributed by atoms with Gasteiger partial charge in [-0.05, 0) is 0 Å². The minimum atomic E-state index is -0.243. The van der Waals surface area contributed by atoms with Gasteiger partial charge in [-0.25, -0.2) is 5.06 Å². The zero-order valence-electron chi connectivity index (χ0n) is 7.52. The van der Waals surface area contributed by atoms with Gasteiger partial charge in [0.15, 0.2) is 0 Å². The molecule has 0 unspecified atom stereocenters. The monoisotopic (exact) mass is 185 g/mol. The summed E-state index contributed by atoms with van der Waals surface area (Å²) in [5.41, 5.74) is 0. The average molecular weight is 185 g/mol. The Morgan fingerprint density at radius 1 is 1.69 bits per heavy atom. The third-order valence-electron chi connectivity index (χ3n) is 2.73. The number of rotatable bonds is 2. The maximum atomic E-state index is 11.5. The Hall–Kier alpha value is -1.10. The topological polar surface area (TPSA) is 55.8 Å². The fraction of sp³-hybridized carbons (Fsp3) is 0.750. The molecule has 5 heteroatoms. The maximum absolute atomic E-state index is 11.5. The third kappa shape index (κ3) is 1.11. The number of carbonyl (C=O) groups is 2. The molecule has 0 bridgehead atoms. The van der Waals surface area contributed by atoms with E-state index < -0.39 is 0 Å². The summed E-state index contributed by atoms with van der Waals surface area (Å²) in [7, 11) is 2.97. The molecule has 1 saturated heterocycles. The first kappa shape index (κ1) is 8.50. The molecule has 5 nitrogen and oxygen atoms in total. The van der Waals surface area contributed by atoms with Crippen molar-refractivity contribution in [3.63, 3.8) is 0 Å². The number of hydrogen-bond donors (Lipinski definition) is 0. The quantitative estimate of drug-likeness (QED) is 0.427. The number of hydroxylamine groups is 2. The Morgan fingerprint density at radius 3 is 2.85 bits per heavy atom. The molecule has 72 valence electrons. The third-order valence-corrected chi connectivity index (χ3v) is 2.73. The summed E-state index contributed by atoms with van der Waals surface area (Å²) < 4.78 is 4.76. The van der Waals surface area contributed by atoms with Crippen LogP contribution in [0.1, 0.15) is 0 Å². The number of amides is 1. The second-order valence-corrected chi connectivity index (χ2v) is 3.36. The van der Waals surface area contributed by atoms with E-state index in [0.717, 1.165) is 5.06 Å². The van der Waals surface area contributed by atoms with Crippen molar-refractivity contribution in [1.29, 1.82) is 0 Å². The van der Waals surface area contributed by atoms with Crippen molar-refractivity contribution >= 4 is 11.9 Å². The molecule has 2 fully saturated rings. The summed E-state index contributed by atoms with van der Waals surface area (Å²) >= 11 is 0. The van der Waals surface area contributed by atoms with Crippen LogP contribution in [0.25, 0.3) is 0 Å². The molecule has 2 rings (SSSR count). The zero-order chi connectivity index (χ0) is 9.59. The molecule has 2 aliphatic rings. The van der Waals surface area contributed by atoms with E-state index in [4.69, 9.17) is 9.57 Å². The van der Waals surface area contributed by atoms with Gasteiger partial charge in [0, 0.05) is 13.0 Å². The molecular formula is C8H11NO4. The van der Waals surface area contributed by atoms with Crippen LogP contribution in [0.15, 0.2) is 0 Å². The number of cyclic esters (lactones) is 1. The van der Waals surface area contributed by atoms with Gasteiger partial charge in [0.25, 0.3) is 0 Å². The number of esters is 1. The number of carbonyl (C=O) groups excluding carboxylic acids is 2. The van der Waals surface area contributed by atoms with Gasteiger partial charge in [0.2, 0.25) is 5.91 Å². The van der Waals surface area contributed by atoms with Crippen molar-refractivity contribution in [1.82, 2.24) is 5.06 Å². The number of hydrogen-bond acceptors (Lipinski definition) is 4. The Kier molecular flexibility index (Phi) is 1.76. The van der Waals surface area contributed by atoms with Crippen molar-refractivity contribution in [2.24, 2.45) is 17.8 Å². The normalized spacial score (nSPS) is 35.2. The molecule has 13 heavy (non-hydrogen) atoms. The molecule has 0 aromatic rings.